The number of aryl methyl sites for hydroxylation is 1. The summed E-state index contributed by atoms with van der Waals surface area (Å²) < 4.78 is 56.2. The smallest absolute Gasteiger partial charge is 0.303 e. The molecule has 152 valence electrons. The van der Waals surface area contributed by atoms with Crippen molar-refractivity contribution in [3.8, 4) is 0 Å². The summed E-state index contributed by atoms with van der Waals surface area (Å²) in [6, 6.07) is 1.32. The summed E-state index contributed by atoms with van der Waals surface area (Å²) in [5, 5.41) is 21.0. The third kappa shape index (κ3) is 3.66. The van der Waals surface area contributed by atoms with Crippen molar-refractivity contribution in [3.63, 3.8) is 0 Å². The zero-order chi connectivity index (χ0) is 21.5. The van der Waals surface area contributed by atoms with Crippen LogP contribution in [0.15, 0.2) is 18.3 Å². The van der Waals surface area contributed by atoms with E-state index in [0.29, 0.717) is 0 Å². The molecule has 0 fully saturated rings. The van der Waals surface area contributed by atoms with Crippen molar-refractivity contribution in [1.29, 1.82) is 0 Å². The highest BCUT2D eigenvalue weighted by molar-refractivity contribution is 6.05. The Morgan fingerprint density at radius 2 is 1.83 bits per heavy atom. The molecule has 0 atom stereocenters. The van der Waals surface area contributed by atoms with E-state index in [4.69, 9.17) is 0 Å². The van der Waals surface area contributed by atoms with Crippen LogP contribution >= 0.6 is 0 Å². The summed E-state index contributed by atoms with van der Waals surface area (Å²) in [6.07, 6.45) is 1.19. The SMILES string of the molecule is Cc1c([N+](=O)[O-])c(C(=O)Nc2ccn(Cc3c(F)c(F)cc(F)c3F)n2)nn1C. The zero-order valence-electron chi connectivity index (χ0n) is 14.9. The van der Waals surface area contributed by atoms with Crippen LogP contribution < -0.4 is 5.32 Å². The summed E-state index contributed by atoms with van der Waals surface area (Å²) in [6.45, 7) is 0.753. The molecule has 2 heterocycles. The van der Waals surface area contributed by atoms with Crippen LogP contribution in [0.4, 0.5) is 29.1 Å². The van der Waals surface area contributed by atoms with E-state index in [2.05, 4.69) is 15.5 Å². The fourth-order valence-electron chi connectivity index (χ4n) is 2.58. The molecule has 0 aliphatic carbocycles. The second kappa shape index (κ2) is 7.33. The van der Waals surface area contributed by atoms with E-state index >= 15 is 0 Å². The van der Waals surface area contributed by atoms with Gasteiger partial charge in [0.05, 0.1) is 17.0 Å². The molecule has 0 aliphatic heterocycles. The second-order valence-electron chi connectivity index (χ2n) is 5.96. The highest BCUT2D eigenvalue weighted by atomic mass is 19.2. The molecular formula is C16H12F4N6O3. The summed E-state index contributed by atoms with van der Waals surface area (Å²) in [5.74, 6) is -7.30. The Labute approximate surface area is 159 Å². The number of nitrogens with one attached hydrogen (secondary N) is 1. The molecular weight excluding hydrogens is 400 g/mol. The maximum atomic E-state index is 13.8. The molecule has 0 spiro atoms. The Hall–Kier alpha value is -3.77. The number of rotatable bonds is 5. The lowest BCUT2D eigenvalue weighted by molar-refractivity contribution is -0.385. The van der Waals surface area contributed by atoms with Crippen LogP contribution in [0.1, 0.15) is 21.7 Å². The summed E-state index contributed by atoms with van der Waals surface area (Å²) in [7, 11) is 1.43. The molecule has 1 N–H and O–H groups in total. The second-order valence-corrected chi connectivity index (χ2v) is 5.96. The fourth-order valence-corrected chi connectivity index (χ4v) is 2.58. The number of carbonyl (C=O) groups excluding carboxylic acids is 1. The number of hydrogen-bond donors (Lipinski definition) is 1. The predicted octanol–water partition coefficient (Wildman–Crippen LogP) is 2.69. The molecule has 9 nitrogen and oxygen atoms in total. The van der Waals surface area contributed by atoms with Crippen LogP contribution in [0.3, 0.4) is 0 Å². The quantitative estimate of drug-likeness (QED) is 0.300. The fraction of sp³-hybridized carbons (Fsp3) is 0.188. The van der Waals surface area contributed by atoms with Gasteiger partial charge in [0, 0.05) is 25.4 Å². The first kappa shape index (κ1) is 20.0. The minimum absolute atomic E-state index is 0.0880. The highest BCUT2D eigenvalue weighted by Gasteiger charge is 2.29. The van der Waals surface area contributed by atoms with Gasteiger partial charge in [-0.25, -0.2) is 17.6 Å². The highest BCUT2D eigenvalue weighted by Crippen LogP contribution is 2.23. The van der Waals surface area contributed by atoms with Crippen LogP contribution in [0, 0.1) is 40.3 Å². The van der Waals surface area contributed by atoms with E-state index in [1.54, 1.807) is 0 Å². The van der Waals surface area contributed by atoms with Gasteiger partial charge in [0.25, 0.3) is 5.91 Å². The van der Waals surface area contributed by atoms with E-state index in [-0.39, 0.29) is 17.6 Å². The van der Waals surface area contributed by atoms with Crippen molar-refractivity contribution >= 4 is 17.4 Å². The van der Waals surface area contributed by atoms with Gasteiger partial charge in [-0.15, -0.1) is 0 Å². The normalized spacial score (nSPS) is 11.0. The molecule has 13 heteroatoms. The number of hydrogen-bond acceptors (Lipinski definition) is 5. The van der Waals surface area contributed by atoms with Crippen LogP contribution in [-0.4, -0.2) is 30.4 Å². The van der Waals surface area contributed by atoms with Gasteiger partial charge < -0.3 is 5.32 Å². The Morgan fingerprint density at radius 3 is 2.41 bits per heavy atom. The average molecular weight is 412 g/mol. The van der Waals surface area contributed by atoms with E-state index in [9.17, 15) is 32.5 Å². The molecule has 29 heavy (non-hydrogen) atoms. The van der Waals surface area contributed by atoms with Crippen molar-refractivity contribution in [1.82, 2.24) is 19.6 Å². The van der Waals surface area contributed by atoms with Gasteiger partial charge in [-0.1, -0.05) is 0 Å². The summed E-state index contributed by atoms with van der Waals surface area (Å²) in [4.78, 5) is 22.7. The largest absolute Gasteiger partial charge is 0.322 e. The molecule has 0 radical (unpaired) electrons. The van der Waals surface area contributed by atoms with Gasteiger partial charge in [0.15, 0.2) is 29.1 Å². The third-order valence-corrected chi connectivity index (χ3v) is 4.11. The number of carbonyl (C=O) groups is 1. The molecule has 3 rings (SSSR count). The Balaban J connectivity index is 1.83. The molecule has 0 saturated carbocycles. The van der Waals surface area contributed by atoms with Gasteiger partial charge >= 0.3 is 5.69 Å². The van der Waals surface area contributed by atoms with Crippen molar-refractivity contribution < 1.29 is 27.3 Å². The number of nitrogens with zero attached hydrogens (tertiary/aromatic N) is 5. The number of anilines is 1. The molecule has 1 amide bonds. The van der Waals surface area contributed by atoms with Crippen molar-refractivity contribution in [2.24, 2.45) is 7.05 Å². The van der Waals surface area contributed by atoms with E-state index < -0.39 is 57.6 Å². The number of halogens is 4. The van der Waals surface area contributed by atoms with Crippen LogP contribution in [0.25, 0.3) is 0 Å². The van der Waals surface area contributed by atoms with Crippen molar-refractivity contribution in [3.05, 3.63) is 68.7 Å². The molecule has 2 aromatic heterocycles. The molecule has 0 aliphatic rings. The van der Waals surface area contributed by atoms with Crippen molar-refractivity contribution in [2.75, 3.05) is 5.32 Å². The minimum Gasteiger partial charge on any atom is -0.303 e. The zero-order valence-corrected chi connectivity index (χ0v) is 14.9. The van der Waals surface area contributed by atoms with Crippen LogP contribution in [-0.2, 0) is 13.6 Å². The lowest BCUT2D eigenvalue weighted by atomic mass is 10.2. The summed E-state index contributed by atoms with van der Waals surface area (Å²) >= 11 is 0. The van der Waals surface area contributed by atoms with Gasteiger partial charge in [-0.05, 0) is 6.92 Å². The van der Waals surface area contributed by atoms with E-state index in [0.717, 1.165) is 9.36 Å². The predicted molar refractivity (Wildman–Crippen MR) is 90.2 cm³/mol. The topological polar surface area (TPSA) is 108 Å². The van der Waals surface area contributed by atoms with E-state index in [1.807, 2.05) is 0 Å². The number of amides is 1. The average Bonchev–Trinajstić information content (AvgIpc) is 3.21. The molecule has 1 aromatic carbocycles. The Kier molecular flexibility index (Phi) is 5.05. The first-order chi connectivity index (χ1) is 13.6. The first-order valence-electron chi connectivity index (χ1n) is 7.94. The summed E-state index contributed by atoms with van der Waals surface area (Å²) in [5.41, 5.74) is -1.66. The minimum atomic E-state index is -1.57. The number of benzene rings is 1. The standard InChI is InChI=1S/C16H12F4N6O3/c1-7-15(26(28)29)14(23-24(7)2)16(27)21-11-3-4-25(22-11)6-8-12(19)9(17)5-10(18)13(8)20/h3-5H,6H2,1-2H3,(H,21,22,27). The molecule has 0 saturated heterocycles. The van der Waals surface area contributed by atoms with Crippen molar-refractivity contribution in [2.45, 2.75) is 13.5 Å². The third-order valence-electron chi connectivity index (χ3n) is 4.11. The number of aromatic nitrogens is 4. The van der Waals surface area contributed by atoms with Gasteiger partial charge in [0.1, 0.15) is 5.69 Å². The lowest BCUT2D eigenvalue weighted by Crippen LogP contribution is -2.15. The first-order valence-corrected chi connectivity index (χ1v) is 7.94. The van der Waals surface area contributed by atoms with E-state index in [1.165, 1.54) is 26.2 Å². The maximum Gasteiger partial charge on any atom is 0.322 e. The van der Waals surface area contributed by atoms with Gasteiger partial charge in [-0.2, -0.15) is 10.2 Å². The number of nitro groups is 1. The monoisotopic (exact) mass is 412 g/mol. The van der Waals surface area contributed by atoms with Crippen LogP contribution in [0.2, 0.25) is 0 Å². The van der Waals surface area contributed by atoms with Gasteiger partial charge in [0.2, 0.25) is 5.69 Å². The maximum absolute atomic E-state index is 13.8. The Bertz CT molecular complexity index is 1110. The molecule has 3 aromatic rings. The van der Waals surface area contributed by atoms with Crippen LogP contribution in [0.5, 0.6) is 0 Å². The van der Waals surface area contributed by atoms with Gasteiger partial charge in [-0.3, -0.25) is 24.3 Å². The Morgan fingerprint density at radius 1 is 1.21 bits per heavy atom. The molecule has 0 unspecified atom stereocenters. The lowest BCUT2D eigenvalue weighted by Gasteiger charge is -2.07. The molecule has 0 bridgehead atoms.